The SMILES string of the molecule is O=C(CCc1nc(-c2ccc(F)cc2)no1)N1CCC[C@H](c2nc3ccccc3s2)C1. The second-order valence-electron chi connectivity index (χ2n) is 7.72. The van der Waals surface area contributed by atoms with Crippen LogP contribution in [0.25, 0.3) is 21.6 Å². The molecule has 31 heavy (non-hydrogen) atoms. The van der Waals surface area contributed by atoms with Gasteiger partial charge in [0.15, 0.2) is 0 Å². The van der Waals surface area contributed by atoms with Crippen molar-refractivity contribution in [2.45, 2.75) is 31.6 Å². The summed E-state index contributed by atoms with van der Waals surface area (Å²) in [6, 6.07) is 14.1. The molecule has 1 aliphatic rings. The summed E-state index contributed by atoms with van der Waals surface area (Å²) >= 11 is 1.72. The molecule has 8 heteroatoms. The number of rotatable bonds is 5. The van der Waals surface area contributed by atoms with E-state index in [2.05, 4.69) is 16.2 Å². The van der Waals surface area contributed by atoms with Crippen molar-refractivity contribution in [3.63, 3.8) is 0 Å². The molecule has 1 amide bonds. The molecule has 0 unspecified atom stereocenters. The molecule has 6 nitrogen and oxygen atoms in total. The number of carbonyl (C=O) groups excluding carboxylic acids is 1. The molecule has 0 aliphatic carbocycles. The van der Waals surface area contributed by atoms with Crippen LogP contribution in [0.5, 0.6) is 0 Å². The Kier molecular flexibility index (Phi) is 5.46. The lowest BCUT2D eigenvalue weighted by molar-refractivity contribution is -0.132. The van der Waals surface area contributed by atoms with Gasteiger partial charge in [-0.15, -0.1) is 11.3 Å². The highest BCUT2D eigenvalue weighted by atomic mass is 32.1. The first-order valence-corrected chi connectivity index (χ1v) is 11.2. The zero-order valence-corrected chi connectivity index (χ0v) is 17.6. The number of piperidine rings is 1. The fourth-order valence-corrected chi connectivity index (χ4v) is 5.01. The zero-order valence-electron chi connectivity index (χ0n) is 16.8. The van der Waals surface area contributed by atoms with Crippen LogP contribution in [0.3, 0.4) is 0 Å². The third kappa shape index (κ3) is 4.34. The van der Waals surface area contributed by atoms with Gasteiger partial charge in [0.2, 0.25) is 17.6 Å². The van der Waals surface area contributed by atoms with E-state index in [1.165, 1.54) is 16.8 Å². The fraction of sp³-hybridized carbons (Fsp3) is 0.304. The van der Waals surface area contributed by atoms with Crippen LogP contribution in [0.1, 0.15) is 36.1 Å². The smallest absolute Gasteiger partial charge is 0.227 e. The topological polar surface area (TPSA) is 72.1 Å². The van der Waals surface area contributed by atoms with E-state index in [1.54, 1.807) is 23.5 Å². The first-order valence-electron chi connectivity index (χ1n) is 10.4. The summed E-state index contributed by atoms with van der Waals surface area (Å²) in [7, 11) is 0. The number of carbonyl (C=O) groups is 1. The fourth-order valence-electron chi connectivity index (χ4n) is 3.91. The van der Waals surface area contributed by atoms with Gasteiger partial charge in [0.05, 0.1) is 15.2 Å². The van der Waals surface area contributed by atoms with Crippen molar-refractivity contribution in [1.82, 2.24) is 20.0 Å². The minimum Gasteiger partial charge on any atom is -0.342 e. The maximum Gasteiger partial charge on any atom is 0.227 e. The van der Waals surface area contributed by atoms with Gasteiger partial charge in [-0.3, -0.25) is 4.79 Å². The Labute approximate surface area is 182 Å². The van der Waals surface area contributed by atoms with E-state index in [0.717, 1.165) is 29.9 Å². The molecule has 0 N–H and O–H groups in total. The highest BCUT2D eigenvalue weighted by Gasteiger charge is 2.27. The number of nitrogens with zero attached hydrogens (tertiary/aromatic N) is 4. The number of para-hydroxylation sites is 1. The standard InChI is InChI=1S/C23H21FN4O2S/c24-17-9-7-15(8-10-17)22-26-20(30-27-22)11-12-21(29)28-13-3-4-16(14-28)23-25-18-5-1-2-6-19(18)31-23/h1-2,5-10,16H,3-4,11-14H2/t16-/m0/s1. The average Bonchev–Trinajstić information content (AvgIpc) is 3.45. The van der Waals surface area contributed by atoms with Crippen LogP contribution < -0.4 is 0 Å². The van der Waals surface area contributed by atoms with Gasteiger partial charge in [-0.1, -0.05) is 17.3 Å². The van der Waals surface area contributed by atoms with Gasteiger partial charge in [0.1, 0.15) is 5.82 Å². The van der Waals surface area contributed by atoms with Crippen molar-refractivity contribution in [2.24, 2.45) is 0 Å². The van der Waals surface area contributed by atoms with Crippen LogP contribution in [0, 0.1) is 5.82 Å². The summed E-state index contributed by atoms with van der Waals surface area (Å²) in [6.45, 7) is 1.47. The monoisotopic (exact) mass is 436 g/mol. The van der Waals surface area contributed by atoms with E-state index in [4.69, 9.17) is 9.51 Å². The summed E-state index contributed by atoms with van der Waals surface area (Å²) in [5.41, 5.74) is 1.71. The van der Waals surface area contributed by atoms with E-state index in [0.29, 0.717) is 36.7 Å². The molecular weight excluding hydrogens is 415 g/mol. The lowest BCUT2D eigenvalue weighted by Crippen LogP contribution is -2.39. The van der Waals surface area contributed by atoms with E-state index in [-0.39, 0.29) is 17.6 Å². The number of thiazole rings is 1. The maximum absolute atomic E-state index is 13.1. The van der Waals surface area contributed by atoms with Crippen LogP contribution >= 0.6 is 11.3 Å². The first-order chi connectivity index (χ1) is 15.2. The van der Waals surface area contributed by atoms with Crippen molar-refractivity contribution in [1.29, 1.82) is 0 Å². The normalized spacial score (nSPS) is 16.7. The van der Waals surface area contributed by atoms with E-state index in [9.17, 15) is 9.18 Å². The minimum absolute atomic E-state index is 0.0901. The molecule has 2 aromatic carbocycles. The first kappa shape index (κ1) is 19.8. The van der Waals surface area contributed by atoms with Crippen LogP contribution in [0.15, 0.2) is 53.1 Å². The van der Waals surface area contributed by atoms with Crippen molar-refractivity contribution in [2.75, 3.05) is 13.1 Å². The third-order valence-corrected chi connectivity index (χ3v) is 6.76. The average molecular weight is 437 g/mol. The van der Waals surface area contributed by atoms with Crippen molar-refractivity contribution < 1.29 is 13.7 Å². The maximum atomic E-state index is 13.1. The molecule has 0 bridgehead atoms. The number of fused-ring (bicyclic) bond motifs is 1. The number of halogens is 1. The van der Waals surface area contributed by atoms with E-state index in [1.807, 2.05) is 23.1 Å². The van der Waals surface area contributed by atoms with Crippen molar-refractivity contribution >= 4 is 27.5 Å². The van der Waals surface area contributed by atoms with Gasteiger partial charge in [0.25, 0.3) is 0 Å². The predicted molar refractivity (Wildman–Crippen MR) is 116 cm³/mol. The number of hydrogen-bond acceptors (Lipinski definition) is 6. The van der Waals surface area contributed by atoms with Gasteiger partial charge in [-0.05, 0) is 49.2 Å². The molecule has 1 atom stereocenters. The lowest BCUT2D eigenvalue weighted by Gasteiger charge is -2.31. The van der Waals surface area contributed by atoms with Gasteiger partial charge < -0.3 is 9.42 Å². The van der Waals surface area contributed by atoms with Gasteiger partial charge in [-0.2, -0.15) is 4.98 Å². The molecule has 1 fully saturated rings. The Morgan fingerprint density at radius 2 is 2.00 bits per heavy atom. The molecule has 3 heterocycles. The predicted octanol–water partition coefficient (Wildman–Crippen LogP) is 4.82. The van der Waals surface area contributed by atoms with Crippen LogP contribution in [0.2, 0.25) is 0 Å². The molecule has 5 rings (SSSR count). The second-order valence-corrected chi connectivity index (χ2v) is 8.78. The van der Waals surface area contributed by atoms with Crippen molar-refractivity contribution in [3.8, 4) is 11.4 Å². The number of aromatic nitrogens is 3. The van der Waals surface area contributed by atoms with Gasteiger partial charge in [0, 0.05) is 37.4 Å². The molecule has 2 aromatic heterocycles. The molecular formula is C23H21FN4O2S. The highest BCUT2D eigenvalue weighted by Crippen LogP contribution is 2.33. The number of aryl methyl sites for hydroxylation is 1. The summed E-state index contributed by atoms with van der Waals surface area (Å²) < 4.78 is 19.5. The molecule has 0 spiro atoms. The Morgan fingerprint density at radius 3 is 2.84 bits per heavy atom. The second kappa shape index (κ2) is 8.55. The minimum atomic E-state index is -0.316. The highest BCUT2D eigenvalue weighted by molar-refractivity contribution is 7.18. The summed E-state index contributed by atoms with van der Waals surface area (Å²) in [6.07, 6.45) is 2.73. The summed E-state index contributed by atoms with van der Waals surface area (Å²) in [5.74, 6) is 0.864. The van der Waals surface area contributed by atoms with Crippen molar-refractivity contribution in [3.05, 3.63) is 65.2 Å². The Morgan fingerprint density at radius 1 is 1.16 bits per heavy atom. The lowest BCUT2D eigenvalue weighted by atomic mass is 9.98. The molecule has 4 aromatic rings. The van der Waals surface area contributed by atoms with Gasteiger partial charge in [-0.25, -0.2) is 9.37 Å². The van der Waals surface area contributed by atoms with Crippen LogP contribution in [-0.4, -0.2) is 39.0 Å². The Hall–Kier alpha value is -3.13. The zero-order chi connectivity index (χ0) is 21.2. The summed E-state index contributed by atoms with van der Waals surface area (Å²) in [5, 5.41) is 5.05. The van der Waals surface area contributed by atoms with E-state index < -0.39 is 0 Å². The van der Waals surface area contributed by atoms with E-state index >= 15 is 0 Å². The van der Waals surface area contributed by atoms with Gasteiger partial charge >= 0.3 is 0 Å². The molecule has 1 saturated heterocycles. The number of benzene rings is 2. The number of hydrogen-bond donors (Lipinski definition) is 0. The molecule has 0 radical (unpaired) electrons. The Bertz CT molecular complexity index is 1170. The number of amides is 1. The summed E-state index contributed by atoms with van der Waals surface area (Å²) in [4.78, 5) is 23.9. The number of likely N-dealkylation sites (tertiary alicyclic amines) is 1. The Balaban J connectivity index is 1.20. The largest absolute Gasteiger partial charge is 0.342 e. The molecule has 0 saturated carbocycles. The molecule has 1 aliphatic heterocycles. The van der Waals surface area contributed by atoms with Crippen LogP contribution in [-0.2, 0) is 11.2 Å². The third-order valence-electron chi connectivity index (χ3n) is 5.56. The van der Waals surface area contributed by atoms with Crippen LogP contribution in [0.4, 0.5) is 4.39 Å². The molecule has 158 valence electrons. The quantitative estimate of drug-likeness (QED) is 0.448.